The molecule has 0 aliphatic carbocycles. The zero-order valence-electron chi connectivity index (χ0n) is 16.6. The summed E-state index contributed by atoms with van der Waals surface area (Å²) < 4.78 is 0. The molecule has 1 saturated heterocycles. The Hall–Kier alpha value is -3.48. The van der Waals surface area contributed by atoms with Crippen LogP contribution >= 0.6 is 0 Å². The number of piperazine rings is 1. The number of nitrogens with zero attached hydrogens (tertiary/aromatic N) is 3. The second-order valence-corrected chi connectivity index (χ2v) is 7.49. The summed E-state index contributed by atoms with van der Waals surface area (Å²) in [6.07, 6.45) is 1.13. The fourth-order valence-electron chi connectivity index (χ4n) is 3.88. The molecule has 0 radical (unpaired) electrons. The van der Waals surface area contributed by atoms with Gasteiger partial charge in [0.15, 0.2) is 0 Å². The van der Waals surface area contributed by atoms with Crippen LogP contribution < -0.4 is 0 Å². The van der Waals surface area contributed by atoms with Crippen molar-refractivity contribution in [2.24, 2.45) is 0 Å². The molecule has 0 atom stereocenters. The SMILES string of the molecule is O=C(CCc1ccccc1)N1CCN(C(=O)CN2C(=O)c3ccccc3C2=O)CC1. The summed E-state index contributed by atoms with van der Waals surface area (Å²) in [4.78, 5) is 54.4. The molecule has 0 spiro atoms. The number of fused-ring (bicyclic) bond motifs is 1. The van der Waals surface area contributed by atoms with Crippen LogP contribution in [0, 0.1) is 0 Å². The molecule has 2 heterocycles. The van der Waals surface area contributed by atoms with Crippen LogP contribution in [0.4, 0.5) is 0 Å². The maximum absolute atomic E-state index is 12.7. The van der Waals surface area contributed by atoms with E-state index in [9.17, 15) is 19.2 Å². The molecule has 30 heavy (non-hydrogen) atoms. The summed E-state index contributed by atoms with van der Waals surface area (Å²) >= 11 is 0. The van der Waals surface area contributed by atoms with Crippen molar-refractivity contribution < 1.29 is 19.2 Å². The first-order chi connectivity index (χ1) is 14.5. The van der Waals surface area contributed by atoms with Gasteiger partial charge in [0, 0.05) is 32.6 Å². The highest BCUT2D eigenvalue weighted by Crippen LogP contribution is 2.22. The monoisotopic (exact) mass is 405 g/mol. The predicted octanol–water partition coefficient (Wildman–Crippen LogP) is 1.59. The molecule has 4 rings (SSSR count). The molecule has 0 aromatic heterocycles. The van der Waals surface area contributed by atoms with Gasteiger partial charge in [-0.1, -0.05) is 42.5 Å². The molecule has 7 heteroatoms. The van der Waals surface area contributed by atoms with Gasteiger partial charge in [-0.3, -0.25) is 24.1 Å². The Bertz CT molecular complexity index is 946. The zero-order chi connectivity index (χ0) is 21.1. The Labute approximate surface area is 174 Å². The summed E-state index contributed by atoms with van der Waals surface area (Å²) in [6, 6.07) is 16.5. The Balaban J connectivity index is 1.27. The Kier molecular flexibility index (Phi) is 5.61. The van der Waals surface area contributed by atoms with Crippen molar-refractivity contribution in [3.05, 3.63) is 71.3 Å². The predicted molar refractivity (Wildman–Crippen MR) is 110 cm³/mol. The fourth-order valence-corrected chi connectivity index (χ4v) is 3.88. The van der Waals surface area contributed by atoms with Gasteiger partial charge in [-0.25, -0.2) is 0 Å². The highest BCUT2D eigenvalue weighted by Gasteiger charge is 2.37. The van der Waals surface area contributed by atoms with Crippen LogP contribution in [0.5, 0.6) is 0 Å². The van der Waals surface area contributed by atoms with Gasteiger partial charge in [0.25, 0.3) is 11.8 Å². The van der Waals surface area contributed by atoms with E-state index in [4.69, 9.17) is 0 Å². The molecule has 0 N–H and O–H groups in total. The molecule has 0 unspecified atom stereocenters. The number of carbonyl (C=O) groups excluding carboxylic acids is 4. The van der Waals surface area contributed by atoms with Crippen molar-refractivity contribution in [1.82, 2.24) is 14.7 Å². The number of hydrogen-bond acceptors (Lipinski definition) is 4. The summed E-state index contributed by atoms with van der Waals surface area (Å²) in [5.41, 5.74) is 1.80. The molecule has 0 saturated carbocycles. The third-order valence-corrected chi connectivity index (χ3v) is 5.63. The number of carbonyl (C=O) groups is 4. The quantitative estimate of drug-likeness (QED) is 0.708. The molecule has 4 amide bonds. The van der Waals surface area contributed by atoms with Gasteiger partial charge in [-0.2, -0.15) is 0 Å². The number of aryl methyl sites for hydroxylation is 1. The Morgan fingerprint density at radius 1 is 0.700 bits per heavy atom. The van der Waals surface area contributed by atoms with E-state index in [2.05, 4.69) is 0 Å². The van der Waals surface area contributed by atoms with E-state index in [1.54, 1.807) is 34.1 Å². The van der Waals surface area contributed by atoms with E-state index in [0.29, 0.717) is 50.1 Å². The molecule has 1 fully saturated rings. The lowest BCUT2D eigenvalue weighted by Gasteiger charge is -2.35. The minimum absolute atomic E-state index is 0.0753. The maximum Gasteiger partial charge on any atom is 0.262 e. The third kappa shape index (κ3) is 3.96. The Morgan fingerprint density at radius 2 is 1.20 bits per heavy atom. The zero-order valence-corrected chi connectivity index (χ0v) is 16.6. The van der Waals surface area contributed by atoms with Gasteiger partial charge >= 0.3 is 0 Å². The molecular formula is C23H23N3O4. The van der Waals surface area contributed by atoms with Crippen molar-refractivity contribution in [3.63, 3.8) is 0 Å². The first kappa shape index (κ1) is 19.8. The van der Waals surface area contributed by atoms with Crippen molar-refractivity contribution in [2.45, 2.75) is 12.8 Å². The number of amides is 4. The van der Waals surface area contributed by atoms with Crippen molar-refractivity contribution in [3.8, 4) is 0 Å². The van der Waals surface area contributed by atoms with Crippen molar-refractivity contribution in [1.29, 1.82) is 0 Å². The largest absolute Gasteiger partial charge is 0.339 e. The highest BCUT2D eigenvalue weighted by atomic mass is 16.2. The van der Waals surface area contributed by atoms with E-state index < -0.39 is 11.8 Å². The third-order valence-electron chi connectivity index (χ3n) is 5.63. The summed E-state index contributed by atoms with van der Waals surface area (Å²) in [5, 5.41) is 0. The molecule has 2 aliphatic heterocycles. The standard InChI is InChI=1S/C23H23N3O4/c27-20(11-10-17-6-2-1-3-7-17)24-12-14-25(15-13-24)21(28)16-26-22(29)18-8-4-5-9-19(18)23(26)30/h1-9H,10-16H2. The number of rotatable bonds is 5. The molecule has 2 aromatic carbocycles. The fraction of sp³-hybridized carbons (Fsp3) is 0.304. The molecule has 0 bridgehead atoms. The molecule has 7 nitrogen and oxygen atoms in total. The van der Waals surface area contributed by atoms with Gasteiger partial charge in [0.05, 0.1) is 11.1 Å². The topological polar surface area (TPSA) is 78.0 Å². The summed E-state index contributed by atoms with van der Waals surface area (Å²) in [6.45, 7) is 1.45. The van der Waals surface area contributed by atoms with E-state index in [1.807, 2.05) is 30.3 Å². The van der Waals surface area contributed by atoms with Crippen LogP contribution in [0.15, 0.2) is 54.6 Å². The lowest BCUT2D eigenvalue weighted by atomic mass is 10.1. The average molecular weight is 405 g/mol. The molecule has 154 valence electrons. The van der Waals surface area contributed by atoms with Gasteiger partial charge < -0.3 is 9.80 Å². The maximum atomic E-state index is 12.7. The van der Waals surface area contributed by atoms with Crippen molar-refractivity contribution >= 4 is 23.6 Å². The number of benzene rings is 2. The van der Waals surface area contributed by atoms with E-state index in [-0.39, 0.29) is 18.4 Å². The van der Waals surface area contributed by atoms with Crippen LogP contribution in [0.1, 0.15) is 32.7 Å². The van der Waals surface area contributed by atoms with Crippen LogP contribution in [0.2, 0.25) is 0 Å². The van der Waals surface area contributed by atoms with Crippen LogP contribution in [0.3, 0.4) is 0 Å². The van der Waals surface area contributed by atoms with Crippen LogP contribution in [-0.2, 0) is 16.0 Å². The van der Waals surface area contributed by atoms with Crippen LogP contribution in [-0.4, -0.2) is 71.1 Å². The molecule has 2 aromatic rings. The van der Waals surface area contributed by atoms with Gasteiger partial charge in [0.1, 0.15) is 6.54 Å². The summed E-state index contributed by atoms with van der Waals surface area (Å²) in [7, 11) is 0. The lowest BCUT2D eigenvalue weighted by molar-refractivity contribution is -0.139. The molecule has 2 aliphatic rings. The normalized spacial score (nSPS) is 16.1. The first-order valence-electron chi connectivity index (χ1n) is 10.1. The second kappa shape index (κ2) is 8.49. The van der Waals surface area contributed by atoms with Gasteiger partial charge in [-0.05, 0) is 24.1 Å². The van der Waals surface area contributed by atoms with Crippen molar-refractivity contribution in [2.75, 3.05) is 32.7 Å². The summed E-state index contributed by atoms with van der Waals surface area (Å²) in [5.74, 6) is -1.07. The van der Waals surface area contributed by atoms with Gasteiger partial charge in [0.2, 0.25) is 11.8 Å². The molecular weight excluding hydrogens is 382 g/mol. The lowest BCUT2D eigenvalue weighted by Crippen LogP contribution is -2.53. The van der Waals surface area contributed by atoms with Crippen LogP contribution in [0.25, 0.3) is 0 Å². The Morgan fingerprint density at radius 3 is 1.77 bits per heavy atom. The van der Waals surface area contributed by atoms with E-state index >= 15 is 0 Å². The first-order valence-corrected chi connectivity index (χ1v) is 10.1. The average Bonchev–Trinajstić information content (AvgIpc) is 3.03. The van der Waals surface area contributed by atoms with Gasteiger partial charge in [-0.15, -0.1) is 0 Å². The number of imide groups is 1. The highest BCUT2D eigenvalue weighted by molar-refractivity contribution is 6.22. The second-order valence-electron chi connectivity index (χ2n) is 7.49. The minimum Gasteiger partial charge on any atom is -0.339 e. The minimum atomic E-state index is -0.432. The number of hydrogen-bond donors (Lipinski definition) is 0. The van der Waals surface area contributed by atoms with E-state index in [0.717, 1.165) is 10.5 Å². The van der Waals surface area contributed by atoms with E-state index in [1.165, 1.54) is 0 Å². The smallest absolute Gasteiger partial charge is 0.262 e.